The smallest absolute Gasteiger partial charge is 0.255 e. The number of carbonyl (C=O) groups is 1. The molecule has 5 nitrogen and oxygen atoms in total. The predicted octanol–water partition coefficient (Wildman–Crippen LogP) is 6.45. The van der Waals surface area contributed by atoms with Crippen LogP contribution in [0.25, 0.3) is 0 Å². The maximum absolute atomic E-state index is 14.2. The minimum absolute atomic E-state index is 0.0109. The highest BCUT2D eigenvalue weighted by molar-refractivity contribution is 6.31. The van der Waals surface area contributed by atoms with Crippen LogP contribution in [-0.4, -0.2) is 15.7 Å². The molecule has 0 atom stereocenters. The third-order valence-electron chi connectivity index (χ3n) is 5.47. The van der Waals surface area contributed by atoms with Crippen molar-refractivity contribution in [3.8, 4) is 5.75 Å². The molecule has 4 rings (SSSR count). The third-order valence-corrected chi connectivity index (χ3v) is 5.82. The lowest BCUT2D eigenvalue weighted by molar-refractivity contribution is 0.102. The molecule has 0 spiro atoms. The second-order valence-electron chi connectivity index (χ2n) is 7.92. The number of hydrogen-bond acceptors (Lipinski definition) is 3. The Morgan fingerprint density at radius 3 is 2.54 bits per heavy atom. The lowest BCUT2D eigenvalue weighted by Crippen LogP contribution is -2.14. The SMILES string of the molecule is Cc1nn(Cc2c(F)cccc2Cl)c(C)c1NC(=O)c1cccc(COc2ccc(F)cc2F)c1. The van der Waals surface area contributed by atoms with Gasteiger partial charge in [0.15, 0.2) is 11.6 Å². The zero-order valence-corrected chi connectivity index (χ0v) is 19.7. The van der Waals surface area contributed by atoms with E-state index in [2.05, 4.69) is 10.4 Å². The summed E-state index contributed by atoms with van der Waals surface area (Å²) in [5, 5.41) is 7.57. The normalized spacial score (nSPS) is 10.9. The fraction of sp³-hybridized carbons (Fsp3) is 0.154. The van der Waals surface area contributed by atoms with Crippen molar-refractivity contribution in [1.29, 1.82) is 0 Å². The van der Waals surface area contributed by atoms with Gasteiger partial charge in [-0.05, 0) is 55.8 Å². The van der Waals surface area contributed by atoms with Crippen molar-refractivity contribution in [2.75, 3.05) is 5.32 Å². The predicted molar refractivity (Wildman–Crippen MR) is 127 cm³/mol. The molecule has 3 aromatic carbocycles. The van der Waals surface area contributed by atoms with Gasteiger partial charge in [-0.2, -0.15) is 5.10 Å². The number of carbonyl (C=O) groups excluding carboxylic acids is 1. The molecule has 0 aliphatic heterocycles. The van der Waals surface area contributed by atoms with Crippen molar-refractivity contribution < 1.29 is 22.7 Å². The van der Waals surface area contributed by atoms with E-state index in [1.54, 1.807) is 48.9 Å². The Morgan fingerprint density at radius 1 is 1.03 bits per heavy atom. The molecule has 1 amide bonds. The van der Waals surface area contributed by atoms with Crippen molar-refractivity contribution >= 4 is 23.2 Å². The maximum Gasteiger partial charge on any atom is 0.255 e. The van der Waals surface area contributed by atoms with Gasteiger partial charge >= 0.3 is 0 Å². The van der Waals surface area contributed by atoms with Gasteiger partial charge in [-0.3, -0.25) is 9.48 Å². The van der Waals surface area contributed by atoms with Crippen LogP contribution in [0.15, 0.2) is 60.7 Å². The Kier molecular flexibility index (Phi) is 7.12. The Labute approximate surface area is 205 Å². The number of anilines is 1. The lowest BCUT2D eigenvalue weighted by Gasteiger charge is -2.10. The summed E-state index contributed by atoms with van der Waals surface area (Å²) in [7, 11) is 0. The van der Waals surface area contributed by atoms with Crippen molar-refractivity contribution in [2.24, 2.45) is 0 Å². The van der Waals surface area contributed by atoms with Crippen molar-refractivity contribution in [3.05, 3.63) is 111 Å². The minimum Gasteiger partial charge on any atom is -0.486 e. The molecule has 0 unspecified atom stereocenters. The van der Waals surface area contributed by atoms with Crippen molar-refractivity contribution in [1.82, 2.24) is 9.78 Å². The molecule has 9 heteroatoms. The fourth-order valence-corrected chi connectivity index (χ4v) is 3.83. The molecule has 1 heterocycles. The first kappa shape index (κ1) is 24.3. The van der Waals surface area contributed by atoms with E-state index in [9.17, 15) is 18.0 Å². The number of aryl methyl sites for hydroxylation is 1. The quantitative estimate of drug-likeness (QED) is 0.318. The van der Waals surface area contributed by atoms with Crippen molar-refractivity contribution in [3.63, 3.8) is 0 Å². The number of nitrogens with one attached hydrogen (secondary N) is 1. The summed E-state index contributed by atoms with van der Waals surface area (Å²) in [4.78, 5) is 12.9. The average Bonchev–Trinajstić information content (AvgIpc) is 3.08. The molecular weight excluding hydrogens is 479 g/mol. The highest BCUT2D eigenvalue weighted by Gasteiger charge is 2.18. The van der Waals surface area contributed by atoms with E-state index in [1.807, 2.05) is 0 Å². The fourth-order valence-electron chi connectivity index (χ4n) is 3.61. The molecule has 0 saturated carbocycles. The summed E-state index contributed by atoms with van der Waals surface area (Å²) in [5.41, 5.74) is 3.01. The summed E-state index contributed by atoms with van der Waals surface area (Å²) in [5.74, 6) is -2.41. The summed E-state index contributed by atoms with van der Waals surface area (Å²) in [6.07, 6.45) is 0. The van der Waals surface area contributed by atoms with E-state index in [-0.39, 0.29) is 24.8 Å². The van der Waals surface area contributed by atoms with Gasteiger partial charge in [0.25, 0.3) is 5.91 Å². The lowest BCUT2D eigenvalue weighted by atomic mass is 10.1. The van der Waals surface area contributed by atoms with Crippen LogP contribution < -0.4 is 10.1 Å². The van der Waals surface area contributed by atoms with Gasteiger partial charge in [0.2, 0.25) is 0 Å². The highest BCUT2D eigenvalue weighted by atomic mass is 35.5. The van der Waals surface area contributed by atoms with Gasteiger partial charge in [0, 0.05) is 22.2 Å². The molecule has 1 N–H and O–H groups in total. The zero-order valence-electron chi connectivity index (χ0n) is 18.9. The molecular formula is C26H21ClF3N3O2. The van der Waals surface area contributed by atoms with Crippen LogP contribution in [0, 0.1) is 31.3 Å². The number of hydrogen-bond donors (Lipinski definition) is 1. The van der Waals surface area contributed by atoms with Crippen LogP contribution in [0.3, 0.4) is 0 Å². The summed E-state index contributed by atoms with van der Waals surface area (Å²) < 4.78 is 48.1. The molecule has 0 aliphatic carbocycles. The van der Waals surface area contributed by atoms with E-state index in [1.165, 1.54) is 18.2 Å². The monoisotopic (exact) mass is 499 g/mol. The van der Waals surface area contributed by atoms with Gasteiger partial charge in [-0.25, -0.2) is 13.2 Å². The number of rotatable bonds is 7. The number of ether oxygens (including phenoxy) is 1. The Balaban J connectivity index is 1.48. The van der Waals surface area contributed by atoms with E-state index in [0.717, 1.165) is 12.1 Å². The van der Waals surface area contributed by atoms with E-state index in [4.69, 9.17) is 16.3 Å². The van der Waals surface area contributed by atoms with Gasteiger partial charge in [-0.15, -0.1) is 0 Å². The number of aromatic nitrogens is 2. The molecule has 0 saturated heterocycles. The number of halogens is 4. The number of amides is 1. The van der Waals surface area contributed by atoms with Gasteiger partial charge < -0.3 is 10.1 Å². The Hall–Kier alpha value is -3.78. The topological polar surface area (TPSA) is 56.2 Å². The first-order valence-electron chi connectivity index (χ1n) is 10.7. The summed E-state index contributed by atoms with van der Waals surface area (Å²) in [6.45, 7) is 3.61. The maximum atomic E-state index is 14.2. The van der Waals surface area contributed by atoms with Gasteiger partial charge in [0.05, 0.1) is 23.6 Å². The van der Waals surface area contributed by atoms with E-state index >= 15 is 0 Å². The van der Waals surface area contributed by atoms with E-state index < -0.39 is 17.5 Å². The summed E-state index contributed by atoms with van der Waals surface area (Å²) >= 11 is 6.14. The highest BCUT2D eigenvalue weighted by Crippen LogP contribution is 2.25. The first-order chi connectivity index (χ1) is 16.7. The molecule has 0 radical (unpaired) electrons. The van der Waals surface area contributed by atoms with Crippen LogP contribution in [0.5, 0.6) is 5.75 Å². The van der Waals surface area contributed by atoms with Gasteiger partial charge in [0.1, 0.15) is 18.2 Å². The standard InChI is InChI=1S/C26H21ClF3N3O2/c1-15-25(16(2)33(32-15)13-20-21(27)7-4-8-22(20)29)31-26(34)18-6-3-5-17(11-18)14-35-24-10-9-19(28)12-23(24)30/h3-12H,13-14H2,1-2H3,(H,31,34). The average molecular weight is 500 g/mol. The van der Waals surface area contributed by atoms with Crippen LogP contribution in [0.1, 0.15) is 32.9 Å². The van der Waals surface area contributed by atoms with Crippen LogP contribution in [0.4, 0.5) is 18.9 Å². The number of nitrogens with zero attached hydrogens (tertiary/aromatic N) is 2. The summed E-state index contributed by atoms with van der Waals surface area (Å²) in [6, 6.07) is 14.2. The Morgan fingerprint density at radius 2 is 1.80 bits per heavy atom. The molecule has 35 heavy (non-hydrogen) atoms. The molecule has 180 valence electrons. The first-order valence-corrected chi connectivity index (χ1v) is 11.1. The van der Waals surface area contributed by atoms with Crippen molar-refractivity contribution in [2.45, 2.75) is 27.0 Å². The second-order valence-corrected chi connectivity index (χ2v) is 8.33. The largest absolute Gasteiger partial charge is 0.486 e. The van der Waals surface area contributed by atoms with Gasteiger partial charge in [-0.1, -0.05) is 29.8 Å². The Bertz CT molecular complexity index is 1380. The second kappa shape index (κ2) is 10.2. The molecule has 1 aromatic heterocycles. The van der Waals surface area contributed by atoms with Crippen LogP contribution in [-0.2, 0) is 13.2 Å². The van der Waals surface area contributed by atoms with E-state index in [0.29, 0.717) is 38.8 Å². The molecule has 0 bridgehead atoms. The van der Waals surface area contributed by atoms with Crippen LogP contribution in [0.2, 0.25) is 5.02 Å². The number of benzene rings is 3. The third kappa shape index (κ3) is 5.49. The zero-order chi connectivity index (χ0) is 25.1. The molecule has 0 aliphatic rings. The van der Waals surface area contributed by atoms with Crippen LogP contribution >= 0.6 is 11.6 Å². The molecule has 0 fully saturated rings. The minimum atomic E-state index is -0.807. The molecule has 4 aromatic rings.